The highest BCUT2D eigenvalue weighted by atomic mass is 16.5. The molecule has 0 fully saturated rings. The number of benzene rings is 2. The van der Waals surface area contributed by atoms with E-state index in [-0.39, 0.29) is 5.97 Å². The van der Waals surface area contributed by atoms with E-state index in [1.54, 1.807) is 0 Å². The van der Waals surface area contributed by atoms with Crippen LogP contribution in [0, 0.1) is 6.92 Å². The zero-order valence-corrected chi connectivity index (χ0v) is 12.2. The molecule has 0 bridgehead atoms. The van der Waals surface area contributed by atoms with Crippen molar-refractivity contribution in [1.29, 1.82) is 0 Å². The first kappa shape index (κ1) is 13.4. The van der Waals surface area contributed by atoms with Gasteiger partial charge in [-0.3, -0.25) is 0 Å². The van der Waals surface area contributed by atoms with Crippen LogP contribution in [-0.4, -0.2) is 17.6 Å². The van der Waals surface area contributed by atoms with Crippen LogP contribution in [0.5, 0.6) is 0 Å². The number of rotatable bonds is 3. The van der Waals surface area contributed by atoms with Crippen molar-refractivity contribution in [2.75, 3.05) is 7.11 Å². The standard InChI is InChI=1S/C18H17NO2/c1-13-17(18(20)21-2)15-10-6-7-11-16(15)19(13)12-14-8-4-3-5-9-14/h3-11H,12H2,1-2H3. The summed E-state index contributed by atoms with van der Waals surface area (Å²) in [6, 6.07) is 18.2. The minimum absolute atomic E-state index is 0.282. The van der Waals surface area contributed by atoms with Gasteiger partial charge in [-0.05, 0) is 18.6 Å². The molecule has 0 atom stereocenters. The largest absolute Gasteiger partial charge is 0.465 e. The molecule has 0 N–H and O–H groups in total. The van der Waals surface area contributed by atoms with E-state index in [9.17, 15) is 4.79 Å². The molecule has 0 amide bonds. The summed E-state index contributed by atoms with van der Waals surface area (Å²) in [6.45, 7) is 2.71. The number of esters is 1. The van der Waals surface area contributed by atoms with E-state index < -0.39 is 0 Å². The Labute approximate surface area is 123 Å². The van der Waals surface area contributed by atoms with E-state index in [1.807, 2.05) is 49.4 Å². The number of para-hydroxylation sites is 1. The van der Waals surface area contributed by atoms with Gasteiger partial charge in [-0.25, -0.2) is 4.79 Å². The van der Waals surface area contributed by atoms with Crippen molar-refractivity contribution in [3.05, 3.63) is 71.4 Å². The van der Waals surface area contributed by atoms with E-state index in [2.05, 4.69) is 16.7 Å². The Balaban J connectivity index is 2.18. The van der Waals surface area contributed by atoms with Gasteiger partial charge in [0.1, 0.15) is 0 Å². The number of ether oxygens (including phenoxy) is 1. The Morgan fingerprint density at radius 3 is 2.43 bits per heavy atom. The van der Waals surface area contributed by atoms with Gasteiger partial charge >= 0.3 is 5.97 Å². The molecule has 2 aromatic carbocycles. The van der Waals surface area contributed by atoms with Crippen LogP contribution in [0.4, 0.5) is 0 Å². The molecule has 0 saturated heterocycles. The predicted molar refractivity (Wildman–Crippen MR) is 83.6 cm³/mol. The Hall–Kier alpha value is -2.55. The third kappa shape index (κ3) is 2.31. The van der Waals surface area contributed by atoms with E-state index in [0.29, 0.717) is 5.56 Å². The summed E-state index contributed by atoms with van der Waals surface area (Å²) < 4.78 is 7.10. The Morgan fingerprint density at radius 1 is 1.05 bits per heavy atom. The van der Waals surface area contributed by atoms with Crippen LogP contribution in [0.2, 0.25) is 0 Å². The lowest BCUT2D eigenvalue weighted by molar-refractivity contribution is 0.0602. The molecule has 0 saturated carbocycles. The molecule has 3 heteroatoms. The molecule has 1 heterocycles. The zero-order chi connectivity index (χ0) is 14.8. The van der Waals surface area contributed by atoms with Gasteiger partial charge < -0.3 is 9.30 Å². The molecule has 3 aromatic rings. The van der Waals surface area contributed by atoms with Crippen LogP contribution in [0.15, 0.2) is 54.6 Å². The van der Waals surface area contributed by atoms with Crippen molar-refractivity contribution in [3.8, 4) is 0 Å². The minimum atomic E-state index is -0.282. The fourth-order valence-electron chi connectivity index (χ4n) is 2.76. The quantitative estimate of drug-likeness (QED) is 0.683. The maximum absolute atomic E-state index is 12.1. The monoisotopic (exact) mass is 279 g/mol. The van der Waals surface area contributed by atoms with Crippen molar-refractivity contribution in [3.63, 3.8) is 0 Å². The Bertz CT molecular complexity index is 788. The van der Waals surface area contributed by atoms with Crippen LogP contribution in [0.25, 0.3) is 10.9 Å². The summed E-state index contributed by atoms with van der Waals surface area (Å²) in [5, 5.41) is 0.942. The van der Waals surface area contributed by atoms with Crippen molar-refractivity contribution in [2.45, 2.75) is 13.5 Å². The molecule has 0 radical (unpaired) electrons. The van der Waals surface area contributed by atoms with Gasteiger partial charge in [0.05, 0.1) is 12.7 Å². The Kier molecular flexibility index (Phi) is 3.48. The molecule has 3 rings (SSSR count). The van der Waals surface area contributed by atoms with Crippen LogP contribution in [0.1, 0.15) is 21.6 Å². The van der Waals surface area contributed by atoms with E-state index in [4.69, 9.17) is 4.74 Å². The maximum atomic E-state index is 12.1. The second-order valence-corrected chi connectivity index (χ2v) is 5.04. The lowest BCUT2D eigenvalue weighted by atomic mass is 10.1. The highest BCUT2D eigenvalue weighted by Crippen LogP contribution is 2.27. The number of fused-ring (bicyclic) bond motifs is 1. The molecule has 0 aliphatic heterocycles. The highest BCUT2D eigenvalue weighted by molar-refractivity contribution is 6.05. The van der Waals surface area contributed by atoms with Crippen molar-refractivity contribution in [2.24, 2.45) is 0 Å². The maximum Gasteiger partial charge on any atom is 0.340 e. The first-order chi connectivity index (χ1) is 10.2. The number of hydrogen-bond donors (Lipinski definition) is 0. The summed E-state index contributed by atoms with van der Waals surface area (Å²) in [5.74, 6) is -0.282. The summed E-state index contributed by atoms with van der Waals surface area (Å²) in [4.78, 5) is 12.1. The van der Waals surface area contributed by atoms with E-state index in [1.165, 1.54) is 12.7 Å². The fraction of sp³-hybridized carbons (Fsp3) is 0.167. The molecule has 106 valence electrons. The third-order valence-corrected chi connectivity index (χ3v) is 3.80. The first-order valence-corrected chi connectivity index (χ1v) is 6.92. The lowest BCUT2D eigenvalue weighted by Crippen LogP contribution is -2.06. The number of aromatic nitrogens is 1. The van der Waals surface area contributed by atoms with Crippen LogP contribution >= 0.6 is 0 Å². The Morgan fingerprint density at radius 2 is 1.71 bits per heavy atom. The number of carbonyl (C=O) groups is 1. The van der Waals surface area contributed by atoms with Gasteiger partial charge in [-0.2, -0.15) is 0 Å². The molecule has 21 heavy (non-hydrogen) atoms. The highest BCUT2D eigenvalue weighted by Gasteiger charge is 2.20. The average molecular weight is 279 g/mol. The van der Waals surface area contributed by atoms with Crippen LogP contribution < -0.4 is 0 Å². The van der Waals surface area contributed by atoms with Gasteiger partial charge in [0.25, 0.3) is 0 Å². The summed E-state index contributed by atoms with van der Waals surface area (Å²) >= 11 is 0. The first-order valence-electron chi connectivity index (χ1n) is 6.92. The fourth-order valence-corrected chi connectivity index (χ4v) is 2.76. The lowest BCUT2D eigenvalue weighted by Gasteiger charge is -2.08. The molecule has 0 spiro atoms. The van der Waals surface area contributed by atoms with Gasteiger partial charge in [0, 0.05) is 23.1 Å². The SMILES string of the molecule is COC(=O)c1c(C)n(Cc2ccccc2)c2ccccc12. The average Bonchev–Trinajstić information content (AvgIpc) is 2.80. The number of nitrogens with zero attached hydrogens (tertiary/aromatic N) is 1. The normalized spacial score (nSPS) is 10.8. The topological polar surface area (TPSA) is 31.2 Å². The second kappa shape index (κ2) is 5.44. The summed E-state index contributed by atoms with van der Waals surface area (Å²) in [6.07, 6.45) is 0. The predicted octanol–water partition coefficient (Wildman–Crippen LogP) is 3.78. The molecular weight excluding hydrogens is 262 g/mol. The van der Waals surface area contributed by atoms with Crippen molar-refractivity contribution < 1.29 is 9.53 Å². The third-order valence-electron chi connectivity index (χ3n) is 3.80. The van der Waals surface area contributed by atoms with Crippen molar-refractivity contribution in [1.82, 2.24) is 4.57 Å². The zero-order valence-electron chi connectivity index (χ0n) is 12.2. The van der Waals surface area contributed by atoms with Crippen LogP contribution in [-0.2, 0) is 11.3 Å². The van der Waals surface area contributed by atoms with E-state index in [0.717, 1.165) is 23.1 Å². The number of hydrogen-bond acceptors (Lipinski definition) is 2. The molecule has 1 aromatic heterocycles. The number of methoxy groups -OCH3 is 1. The van der Waals surface area contributed by atoms with Gasteiger partial charge in [-0.15, -0.1) is 0 Å². The molecule has 0 aliphatic carbocycles. The van der Waals surface area contributed by atoms with Crippen molar-refractivity contribution >= 4 is 16.9 Å². The summed E-state index contributed by atoms with van der Waals surface area (Å²) in [5.41, 5.74) is 3.85. The molecule has 3 nitrogen and oxygen atoms in total. The van der Waals surface area contributed by atoms with Gasteiger partial charge in [0.2, 0.25) is 0 Å². The number of carbonyl (C=O) groups excluding carboxylic acids is 1. The minimum Gasteiger partial charge on any atom is -0.465 e. The van der Waals surface area contributed by atoms with Gasteiger partial charge in [0.15, 0.2) is 0 Å². The summed E-state index contributed by atoms with van der Waals surface area (Å²) in [7, 11) is 1.42. The van der Waals surface area contributed by atoms with Crippen LogP contribution in [0.3, 0.4) is 0 Å². The van der Waals surface area contributed by atoms with E-state index >= 15 is 0 Å². The molecular formula is C18H17NO2. The second-order valence-electron chi connectivity index (χ2n) is 5.04. The molecule has 0 aliphatic rings. The molecule has 0 unspecified atom stereocenters. The smallest absolute Gasteiger partial charge is 0.340 e. The van der Waals surface area contributed by atoms with Gasteiger partial charge in [-0.1, -0.05) is 48.5 Å².